The van der Waals surface area contributed by atoms with Gasteiger partial charge in [0.1, 0.15) is 5.52 Å². The van der Waals surface area contributed by atoms with Gasteiger partial charge in [0.05, 0.1) is 5.69 Å². The monoisotopic (exact) mass is 419 g/mol. The summed E-state index contributed by atoms with van der Waals surface area (Å²) in [6, 6.07) is 7.33. The van der Waals surface area contributed by atoms with E-state index in [0.717, 1.165) is 16.9 Å². The molecule has 0 bridgehead atoms. The number of hydrogen-bond donors (Lipinski definition) is 1. The first-order valence-electron chi connectivity index (χ1n) is 8.94. The number of aryl methyl sites for hydroxylation is 1. The predicted molar refractivity (Wildman–Crippen MR) is 112 cm³/mol. The second kappa shape index (κ2) is 8.36. The molecule has 148 valence electrons. The van der Waals surface area contributed by atoms with Gasteiger partial charge in [-0.25, -0.2) is 9.97 Å². The molecule has 9 heteroatoms. The molecule has 7 nitrogen and oxygen atoms in total. The topological polar surface area (TPSA) is 89.8 Å². The third kappa shape index (κ3) is 4.07. The van der Waals surface area contributed by atoms with Crippen LogP contribution in [0.25, 0.3) is 11.2 Å². The summed E-state index contributed by atoms with van der Waals surface area (Å²) in [4.78, 5) is 26.7. The molecule has 1 unspecified atom stereocenters. The number of fused-ring (bicyclic) bond motifs is 1. The average molecular weight is 420 g/mol. The Morgan fingerprint density at radius 2 is 1.89 bits per heavy atom. The minimum atomic E-state index is -1.02. The quantitative estimate of drug-likeness (QED) is 0.615. The third-order valence-electron chi connectivity index (χ3n) is 4.63. The zero-order valence-corrected chi connectivity index (χ0v) is 17.8. The number of nitrogens with one attached hydrogen (secondary N) is 1. The molecule has 0 spiro atoms. The summed E-state index contributed by atoms with van der Waals surface area (Å²) >= 11 is 6.01. The van der Waals surface area contributed by atoms with Crippen LogP contribution >= 0.6 is 11.6 Å². The van der Waals surface area contributed by atoms with Crippen molar-refractivity contribution in [3.05, 3.63) is 51.2 Å². The Labute approximate surface area is 170 Å². The largest absolute Gasteiger partial charge is 0.361 e. The number of nitrogens with zero attached hydrogens (tertiary/aromatic N) is 4. The molecule has 0 aliphatic carbocycles. The van der Waals surface area contributed by atoms with E-state index in [-0.39, 0.29) is 22.7 Å². The summed E-state index contributed by atoms with van der Waals surface area (Å²) in [5.41, 5.74) is 2.31. The molecule has 0 aliphatic heterocycles. The Morgan fingerprint density at radius 3 is 2.50 bits per heavy atom. The molecule has 0 radical (unpaired) electrons. The number of anilines is 1. The maximum atomic E-state index is 13.1. The van der Waals surface area contributed by atoms with Gasteiger partial charge in [-0.15, -0.1) is 0 Å². The Morgan fingerprint density at radius 1 is 1.21 bits per heavy atom. The highest BCUT2D eigenvalue weighted by Crippen LogP contribution is 2.20. The van der Waals surface area contributed by atoms with E-state index in [0.29, 0.717) is 23.4 Å². The average Bonchev–Trinajstić information content (AvgIpc) is 2.66. The Kier molecular flexibility index (Phi) is 6.10. The summed E-state index contributed by atoms with van der Waals surface area (Å²) in [5.74, 6) is 0.241. The molecule has 3 aromatic rings. The van der Waals surface area contributed by atoms with Gasteiger partial charge in [-0.1, -0.05) is 19.1 Å². The number of benzene rings is 1. The fourth-order valence-electron chi connectivity index (χ4n) is 2.88. The standard InChI is InChI=1S/C19H22ClN5O2S/c1-5-11(2)25-17-15(12(3)22-19(20)24-17)23-16(18(25)26)21-10-13-6-8-14(9-7-13)28(4)27/h6-9,11H,5,10H2,1-4H3,(H,21,23)/t11-,28?/m0/s1. The van der Waals surface area contributed by atoms with E-state index in [1.54, 1.807) is 17.7 Å². The van der Waals surface area contributed by atoms with Gasteiger partial charge in [0.15, 0.2) is 11.5 Å². The zero-order valence-electron chi connectivity index (χ0n) is 16.2. The first-order valence-corrected chi connectivity index (χ1v) is 10.9. The van der Waals surface area contributed by atoms with Gasteiger partial charge in [0, 0.05) is 34.5 Å². The first kappa shape index (κ1) is 20.4. The fourth-order valence-corrected chi connectivity index (χ4v) is 3.60. The van der Waals surface area contributed by atoms with Crippen molar-refractivity contribution in [2.45, 2.75) is 44.7 Å². The van der Waals surface area contributed by atoms with E-state index < -0.39 is 10.8 Å². The van der Waals surface area contributed by atoms with Crippen molar-refractivity contribution in [1.29, 1.82) is 0 Å². The lowest BCUT2D eigenvalue weighted by Gasteiger charge is -2.18. The Bertz CT molecular complexity index is 1100. The van der Waals surface area contributed by atoms with Gasteiger partial charge < -0.3 is 5.32 Å². The van der Waals surface area contributed by atoms with Crippen molar-refractivity contribution in [2.75, 3.05) is 11.6 Å². The van der Waals surface area contributed by atoms with Crippen LogP contribution in [0.2, 0.25) is 5.28 Å². The normalized spacial score (nSPS) is 13.5. The van der Waals surface area contributed by atoms with Crippen LogP contribution in [-0.4, -0.2) is 30.0 Å². The molecule has 1 aromatic carbocycles. The fraction of sp³-hybridized carbons (Fsp3) is 0.368. The third-order valence-corrected chi connectivity index (χ3v) is 5.74. The lowest BCUT2D eigenvalue weighted by atomic mass is 10.2. The molecule has 1 N–H and O–H groups in total. The second-order valence-electron chi connectivity index (χ2n) is 6.59. The number of aromatic nitrogens is 4. The summed E-state index contributed by atoms with van der Waals surface area (Å²) in [6.45, 7) is 6.17. The molecule has 0 amide bonds. The van der Waals surface area contributed by atoms with E-state index >= 15 is 0 Å². The summed E-state index contributed by atoms with van der Waals surface area (Å²) in [6.07, 6.45) is 2.40. The smallest absolute Gasteiger partial charge is 0.295 e. The van der Waals surface area contributed by atoms with Crippen LogP contribution < -0.4 is 10.9 Å². The Balaban J connectivity index is 2.02. The van der Waals surface area contributed by atoms with Crippen LogP contribution in [0.5, 0.6) is 0 Å². The van der Waals surface area contributed by atoms with Crippen LogP contribution in [0.3, 0.4) is 0 Å². The number of rotatable bonds is 6. The highest BCUT2D eigenvalue weighted by molar-refractivity contribution is 7.84. The minimum absolute atomic E-state index is 0.0669. The van der Waals surface area contributed by atoms with E-state index in [2.05, 4.69) is 20.3 Å². The van der Waals surface area contributed by atoms with Crippen LogP contribution in [-0.2, 0) is 17.3 Å². The van der Waals surface area contributed by atoms with Gasteiger partial charge >= 0.3 is 0 Å². The second-order valence-corrected chi connectivity index (χ2v) is 8.31. The van der Waals surface area contributed by atoms with Crippen LogP contribution in [0, 0.1) is 6.92 Å². The van der Waals surface area contributed by atoms with Crippen molar-refractivity contribution < 1.29 is 4.21 Å². The number of hydrogen-bond acceptors (Lipinski definition) is 6. The molecular formula is C19H22ClN5O2S. The molecular weight excluding hydrogens is 398 g/mol. The summed E-state index contributed by atoms with van der Waals surface area (Å²) in [5, 5.41) is 3.22. The molecule has 3 rings (SSSR count). The van der Waals surface area contributed by atoms with Crippen molar-refractivity contribution >= 4 is 39.4 Å². The lowest BCUT2D eigenvalue weighted by molar-refractivity contribution is 0.526. The van der Waals surface area contributed by atoms with Crippen LogP contribution in [0.4, 0.5) is 5.82 Å². The van der Waals surface area contributed by atoms with E-state index in [1.165, 1.54) is 0 Å². The predicted octanol–water partition coefficient (Wildman–Crippen LogP) is 3.47. The maximum absolute atomic E-state index is 13.1. The van der Waals surface area contributed by atoms with Crippen LogP contribution in [0.1, 0.15) is 37.6 Å². The Hall–Kier alpha value is -2.32. The van der Waals surface area contributed by atoms with E-state index in [4.69, 9.17) is 11.6 Å². The van der Waals surface area contributed by atoms with Crippen molar-refractivity contribution in [1.82, 2.24) is 19.5 Å². The van der Waals surface area contributed by atoms with Gasteiger partial charge in [-0.05, 0) is 49.6 Å². The molecule has 0 saturated heterocycles. The molecule has 2 atom stereocenters. The van der Waals surface area contributed by atoms with E-state index in [9.17, 15) is 9.00 Å². The molecule has 2 heterocycles. The molecule has 0 fully saturated rings. The highest BCUT2D eigenvalue weighted by atomic mass is 35.5. The SMILES string of the molecule is CC[C@H](C)n1c(=O)c(NCc2ccc(S(C)=O)cc2)nc2c(C)nc(Cl)nc21. The molecule has 0 saturated carbocycles. The van der Waals surface area contributed by atoms with Crippen molar-refractivity contribution in [2.24, 2.45) is 0 Å². The molecule has 0 aliphatic rings. The first-order chi connectivity index (χ1) is 13.3. The minimum Gasteiger partial charge on any atom is -0.361 e. The van der Waals surface area contributed by atoms with Crippen LogP contribution in [0.15, 0.2) is 34.0 Å². The zero-order chi connectivity index (χ0) is 20.4. The van der Waals surface area contributed by atoms with Gasteiger partial charge in [-0.2, -0.15) is 4.98 Å². The number of halogens is 1. The van der Waals surface area contributed by atoms with E-state index in [1.807, 2.05) is 38.1 Å². The molecule has 28 heavy (non-hydrogen) atoms. The van der Waals surface area contributed by atoms with Gasteiger partial charge in [-0.3, -0.25) is 13.6 Å². The van der Waals surface area contributed by atoms with Crippen molar-refractivity contribution in [3.63, 3.8) is 0 Å². The highest BCUT2D eigenvalue weighted by Gasteiger charge is 2.18. The maximum Gasteiger partial charge on any atom is 0.295 e. The molecule has 2 aromatic heterocycles. The van der Waals surface area contributed by atoms with Gasteiger partial charge in [0.25, 0.3) is 5.56 Å². The summed E-state index contributed by atoms with van der Waals surface area (Å²) < 4.78 is 13.1. The van der Waals surface area contributed by atoms with Gasteiger partial charge in [0.2, 0.25) is 5.28 Å². The van der Waals surface area contributed by atoms with Crippen molar-refractivity contribution in [3.8, 4) is 0 Å². The summed E-state index contributed by atoms with van der Waals surface area (Å²) in [7, 11) is -1.02. The lowest BCUT2D eigenvalue weighted by Crippen LogP contribution is -2.28.